The zero-order valence-corrected chi connectivity index (χ0v) is 11.0. The van der Waals surface area contributed by atoms with Gasteiger partial charge < -0.3 is 5.32 Å². The number of hydrogen-bond acceptors (Lipinski definition) is 1. The van der Waals surface area contributed by atoms with Crippen molar-refractivity contribution in [1.29, 1.82) is 0 Å². The van der Waals surface area contributed by atoms with Crippen LogP contribution in [0.4, 0.5) is 0 Å². The number of carbonyl (C=O) groups is 1. The highest BCUT2D eigenvalue weighted by molar-refractivity contribution is 5.94. The average molecular weight is 243 g/mol. The fraction of sp³-hybridized carbons (Fsp3) is 0.562. The van der Waals surface area contributed by atoms with E-state index in [0.29, 0.717) is 0 Å². The van der Waals surface area contributed by atoms with Crippen molar-refractivity contribution in [2.45, 2.75) is 32.6 Å². The van der Waals surface area contributed by atoms with Gasteiger partial charge in [-0.05, 0) is 56.1 Å². The summed E-state index contributed by atoms with van der Waals surface area (Å²) in [6.07, 6.45) is 5.55. The fourth-order valence-corrected chi connectivity index (χ4v) is 3.74. The van der Waals surface area contributed by atoms with E-state index in [0.717, 1.165) is 35.4 Å². The monoisotopic (exact) mass is 243 g/mol. The standard InChI is InChI=1S/C16H21NO/c1-11-3-2-4-14(7-11)16(18)17-10-15-9-12-5-6-13(15)8-12/h2-4,7,12-13,15H,5-6,8-10H2,1H3,(H,17,18)/t12-,13+,15-/m0/s1. The zero-order chi connectivity index (χ0) is 12.5. The van der Waals surface area contributed by atoms with Crippen LogP contribution in [0.15, 0.2) is 24.3 Å². The van der Waals surface area contributed by atoms with E-state index >= 15 is 0 Å². The summed E-state index contributed by atoms with van der Waals surface area (Å²) in [6.45, 7) is 2.89. The molecule has 1 aromatic carbocycles. The van der Waals surface area contributed by atoms with Crippen LogP contribution in [0.25, 0.3) is 0 Å². The Labute approximate surface area is 109 Å². The van der Waals surface area contributed by atoms with Gasteiger partial charge >= 0.3 is 0 Å². The van der Waals surface area contributed by atoms with Crippen LogP contribution in [0.3, 0.4) is 0 Å². The number of rotatable bonds is 3. The van der Waals surface area contributed by atoms with Gasteiger partial charge in [-0.15, -0.1) is 0 Å². The first-order chi connectivity index (χ1) is 8.72. The minimum absolute atomic E-state index is 0.0847. The Morgan fingerprint density at radius 1 is 1.33 bits per heavy atom. The lowest BCUT2D eigenvalue weighted by molar-refractivity contribution is 0.0941. The second-order valence-electron chi connectivity index (χ2n) is 6.01. The minimum atomic E-state index is 0.0847. The van der Waals surface area contributed by atoms with Gasteiger partial charge in [0.05, 0.1) is 0 Å². The molecule has 3 atom stereocenters. The predicted molar refractivity (Wildman–Crippen MR) is 72.5 cm³/mol. The first kappa shape index (κ1) is 11.8. The molecule has 2 bridgehead atoms. The first-order valence-corrected chi connectivity index (χ1v) is 7.07. The summed E-state index contributed by atoms with van der Waals surface area (Å²) in [5, 5.41) is 3.11. The van der Waals surface area contributed by atoms with Crippen LogP contribution >= 0.6 is 0 Å². The molecular formula is C16H21NO. The molecular weight excluding hydrogens is 222 g/mol. The molecule has 0 radical (unpaired) electrons. The molecule has 2 fully saturated rings. The predicted octanol–water partition coefficient (Wildman–Crippen LogP) is 3.16. The van der Waals surface area contributed by atoms with Crippen molar-refractivity contribution in [2.75, 3.05) is 6.54 Å². The van der Waals surface area contributed by atoms with E-state index in [9.17, 15) is 4.79 Å². The quantitative estimate of drug-likeness (QED) is 0.868. The molecule has 0 spiro atoms. The number of benzene rings is 1. The third-order valence-corrected chi connectivity index (χ3v) is 4.69. The molecule has 2 nitrogen and oxygen atoms in total. The normalized spacial score (nSPS) is 29.5. The van der Waals surface area contributed by atoms with Crippen LogP contribution in [-0.2, 0) is 0 Å². The van der Waals surface area contributed by atoms with E-state index in [1.165, 1.54) is 25.7 Å². The summed E-state index contributed by atoms with van der Waals surface area (Å²) in [6, 6.07) is 7.81. The number of amides is 1. The Kier molecular flexibility index (Phi) is 3.11. The number of aryl methyl sites for hydroxylation is 1. The molecule has 0 aromatic heterocycles. The zero-order valence-electron chi connectivity index (χ0n) is 11.0. The van der Waals surface area contributed by atoms with Crippen molar-refractivity contribution in [2.24, 2.45) is 17.8 Å². The molecule has 3 rings (SSSR count). The Morgan fingerprint density at radius 3 is 2.89 bits per heavy atom. The van der Waals surface area contributed by atoms with Crippen LogP contribution in [-0.4, -0.2) is 12.5 Å². The van der Waals surface area contributed by atoms with E-state index in [2.05, 4.69) is 5.32 Å². The lowest BCUT2D eigenvalue weighted by Crippen LogP contribution is -2.31. The molecule has 1 N–H and O–H groups in total. The van der Waals surface area contributed by atoms with Crippen molar-refractivity contribution >= 4 is 5.91 Å². The second-order valence-corrected chi connectivity index (χ2v) is 6.01. The van der Waals surface area contributed by atoms with Gasteiger partial charge in [0, 0.05) is 12.1 Å². The third-order valence-electron chi connectivity index (χ3n) is 4.69. The van der Waals surface area contributed by atoms with Crippen molar-refractivity contribution < 1.29 is 4.79 Å². The molecule has 2 aliphatic carbocycles. The second kappa shape index (κ2) is 4.75. The summed E-state index contributed by atoms with van der Waals surface area (Å²) >= 11 is 0. The molecule has 96 valence electrons. The molecule has 0 heterocycles. The van der Waals surface area contributed by atoms with Crippen molar-refractivity contribution in [3.05, 3.63) is 35.4 Å². The maximum atomic E-state index is 12.0. The maximum absolute atomic E-state index is 12.0. The highest BCUT2D eigenvalue weighted by Crippen LogP contribution is 2.47. The largest absolute Gasteiger partial charge is 0.352 e. The summed E-state index contributed by atoms with van der Waals surface area (Å²) in [5.74, 6) is 2.66. The molecule has 18 heavy (non-hydrogen) atoms. The third kappa shape index (κ3) is 2.29. The molecule has 0 saturated heterocycles. The van der Waals surface area contributed by atoms with Crippen LogP contribution in [0.1, 0.15) is 41.6 Å². The van der Waals surface area contributed by atoms with Crippen molar-refractivity contribution in [3.8, 4) is 0 Å². The molecule has 1 amide bonds. The lowest BCUT2D eigenvalue weighted by atomic mass is 9.89. The SMILES string of the molecule is Cc1cccc(C(=O)NC[C@@H]2C[C@H]3CC[C@@H]2C3)c1. The molecule has 0 unspecified atom stereocenters. The summed E-state index contributed by atoms with van der Waals surface area (Å²) in [4.78, 5) is 12.0. The van der Waals surface area contributed by atoms with Crippen LogP contribution in [0.5, 0.6) is 0 Å². The minimum Gasteiger partial charge on any atom is -0.352 e. The van der Waals surface area contributed by atoms with Crippen molar-refractivity contribution in [3.63, 3.8) is 0 Å². The first-order valence-electron chi connectivity index (χ1n) is 7.07. The van der Waals surface area contributed by atoms with E-state index in [1.54, 1.807) is 0 Å². The Bertz CT molecular complexity index is 454. The Morgan fingerprint density at radius 2 is 2.22 bits per heavy atom. The number of nitrogens with one attached hydrogen (secondary N) is 1. The Balaban J connectivity index is 1.56. The van der Waals surface area contributed by atoms with Gasteiger partial charge in [0.15, 0.2) is 0 Å². The topological polar surface area (TPSA) is 29.1 Å². The van der Waals surface area contributed by atoms with Gasteiger partial charge in [-0.1, -0.05) is 24.1 Å². The van der Waals surface area contributed by atoms with E-state index in [-0.39, 0.29) is 5.91 Å². The van der Waals surface area contributed by atoms with Gasteiger partial charge in [0.25, 0.3) is 5.91 Å². The summed E-state index contributed by atoms with van der Waals surface area (Å²) < 4.78 is 0. The van der Waals surface area contributed by atoms with Crippen molar-refractivity contribution in [1.82, 2.24) is 5.32 Å². The number of fused-ring (bicyclic) bond motifs is 2. The van der Waals surface area contributed by atoms with E-state index in [1.807, 2.05) is 31.2 Å². The maximum Gasteiger partial charge on any atom is 0.251 e. The van der Waals surface area contributed by atoms with Crippen LogP contribution in [0, 0.1) is 24.7 Å². The number of hydrogen-bond donors (Lipinski definition) is 1. The number of carbonyl (C=O) groups excluding carboxylic acids is 1. The van der Waals surface area contributed by atoms with Gasteiger partial charge in [-0.25, -0.2) is 0 Å². The fourth-order valence-electron chi connectivity index (χ4n) is 3.74. The highest BCUT2D eigenvalue weighted by Gasteiger charge is 2.39. The smallest absolute Gasteiger partial charge is 0.251 e. The molecule has 1 aromatic rings. The van der Waals surface area contributed by atoms with Crippen LogP contribution < -0.4 is 5.32 Å². The lowest BCUT2D eigenvalue weighted by Gasteiger charge is -2.21. The van der Waals surface area contributed by atoms with E-state index < -0.39 is 0 Å². The van der Waals surface area contributed by atoms with Crippen LogP contribution in [0.2, 0.25) is 0 Å². The van der Waals surface area contributed by atoms with Gasteiger partial charge in [0.1, 0.15) is 0 Å². The Hall–Kier alpha value is -1.31. The molecule has 2 aliphatic rings. The average Bonchev–Trinajstić information content (AvgIpc) is 2.98. The van der Waals surface area contributed by atoms with Gasteiger partial charge in [-0.3, -0.25) is 4.79 Å². The van der Waals surface area contributed by atoms with E-state index in [4.69, 9.17) is 0 Å². The summed E-state index contributed by atoms with van der Waals surface area (Å²) in [7, 11) is 0. The van der Waals surface area contributed by atoms with Gasteiger partial charge in [-0.2, -0.15) is 0 Å². The molecule has 0 aliphatic heterocycles. The highest BCUT2D eigenvalue weighted by atomic mass is 16.1. The molecule has 2 saturated carbocycles. The summed E-state index contributed by atoms with van der Waals surface area (Å²) in [5.41, 5.74) is 1.93. The molecule has 2 heteroatoms. The van der Waals surface area contributed by atoms with Gasteiger partial charge in [0.2, 0.25) is 0 Å².